The summed E-state index contributed by atoms with van der Waals surface area (Å²) in [6.45, 7) is 7.12. The second-order valence-corrected chi connectivity index (χ2v) is 10.2. The Kier molecular flexibility index (Phi) is 13.2. The zero-order chi connectivity index (χ0) is 30.2. The molecule has 0 aromatic heterocycles. The van der Waals surface area contributed by atoms with Gasteiger partial charge in [-0.05, 0) is 42.4 Å². The Morgan fingerprint density at radius 3 is 1.81 bits per heavy atom. The van der Waals surface area contributed by atoms with Crippen LogP contribution in [-0.4, -0.2) is 42.1 Å². The van der Waals surface area contributed by atoms with Crippen LogP contribution < -0.4 is 10.6 Å². The van der Waals surface area contributed by atoms with Gasteiger partial charge in [0.25, 0.3) is 0 Å². The van der Waals surface area contributed by atoms with Gasteiger partial charge in [-0.3, -0.25) is 14.4 Å². The van der Waals surface area contributed by atoms with Crippen molar-refractivity contribution in [2.45, 2.75) is 37.8 Å². The highest BCUT2D eigenvalue weighted by atomic mass is 16.5. The molecule has 3 N–H and O–H groups in total. The maximum atomic E-state index is 13.5. The third kappa shape index (κ3) is 10.2. The minimum atomic E-state index is -1.08. The lowest BCUT2D eigenvalue weighted by atomic mass is 9.96. The predicted octanol–water partition coefficient (Wildman–Crippen LogP) is 4.73. The summed E-state index contributed by atoms with van der Waals surface area (Å²) in [4.78, 5) is 39.8. The summed E-state index contributed by atoms with van der Waals surface area (Å²) >= 11 is 0. The second-order valence-electron chi connectivity index (χ2n) is 10.2. The van der Waals surface area contributed by atoms with Crippen molar-refractivity contribution in [2.75, 3.05) is 13.2 Å². The molecule has 42 heavy (non-hydrogen) atoms. The van der Waals surface area contributed by atoms with Gasteiger partial charge in [0.05, 0.1) is 24.6 Å². The van der Waals surface area contributed by atoms with Crippen molar-refractivity contribution in [3.63, 3.8) is 0 Å². The van der Waals surface area contributed by atoms with Gasteiger partial charge < -0.3 is 20.5 Å². The van der Waals surface area contributed by atoms with E-state index in [0.29, 0.717) is 19.3 Å². The molecule has 2 amide bonds. The molecule has 0 radical (unpaired) electrons. The SMILES string of the molecule is C=CCC(C(=O)N[C@@H](CO)Cc1ccccc1)C(=O)N[C@H](COC(=O)[C@@H](CC=C)Cc1ccccc1)c1ccccc1. The van der Waals surface area contributed by atoms with Crippen LogP contribution in [0.2, 0.25) is 0 Å². The van der Waals surface area contributed by atoms with Gasteiger partial charge in [-0.25, -0.2) is 0 Å². The van der Waals surface area contributed by atoms with Crippen LogP contribution in [-0.2, 0) is 32.0 Å². The van der Waals surface area contributed by atoms with E-state index < -0.39 is 35.7 Å². The van der Waals surface area contributed by atoms with E-state index in [9.17, 15) is 19.5 Å². The molecule has 0 aliphatic rings. The van der Waals surface area contributed by atoms with Gasteiger partial charge in [-0.15, -0.1) is 13.2 Å². The third-order valence-electron chi connectivity index (χ3n) is 6.95. The first-order chi connectivity index (χ1) is 20.4. The molecule has 4 atom stereocenters. The molecule has 1 unspecified atom stereocenters. The normalized spacial score (nSPS) is 13.5. The summed E-state index contributed by atoms with van der Waals surface area (Å²) < 4.78 is 5.74. The molecule has 0 saturated carbocycles. The van der Waals surface area contributed by atoms with Gasteiger partial charge in [0.1, 0.15) is 12.5 Å². The molecule has 3 aromatic rings. The minimum Gasteiger partial charge on any atom is -0.463 e. The predicted molar refractivity (Wildman–Crippen MR) is 164 cm³/mol. The Morgan fingerprint density at radius 2 is 1.26 bits per heavy atom. The van der Waals surface area contributed by atoms with E-state index in [1.165, 1.54) is 6.08 Å². The van der Waals surface area contributed by atoms with E-state index in [1.807, 2.05) is 91.0 Å². The van der Waals surface area contributed by atoms with Crippen molar-refractivity contribution >= 4 is 17.8 Å². The van der Waals surface area contributed by atoms with Crippen molar-refractivity contribution in [2.24, 2.45) is 11.8 Å². The van der Waals surface area contributed by atoms with E-state index in [-0.39, 0.29) is 25.6 Å². The number of ether oxygens (including phenoxy) is 1. The lowest BCUT2D eigenvalue weighted by Gasteiger charge is -2.25. The number of allylic oxidation sites excluding steroid dienone is 2. The highest BCUT2D eigenvalue weighted by Crippen LogP contribution is 2.19. The summed E-state index contributed by atoms with van der Waals surface area (Å²) in [5.74, 6) is -2.93. The molecule has 0 bridgehead atoms. The molecule has 0 fully saturated rings. The first-order valence-corrected chi connectivity index (χ1v) is 14.2. The Hall–Kier alpha value is -4.49. The number of carbonyl (C=O) groups is 3. The molecule has 0 aliphatic carbocycles. The highest BCUT2D eigenvalue weighted by Gasteiger charge is 2.30. The van der Waals surface area contributed by atoms with E-state index in [0.717, 1.165) is 16.7 Å². The van der Waals surface area contributed by atoms with E-state index in [4.69, 9.17) is 4.74 Å². The maximum absolute atomic E-state index is 13.5. The van der Waals surface area contributed by atoms with Gasteiger partial charge in [0.2, 0.25) is 11.8 Å². The number of nitrogens with one attached hydrogen (secondary N) is 2. The van der Waals surface area contributed by atoms with Gasteiger partial charge in [0, 0.05) is 0 Å². The summed E-state index contributed by atoms with van der Waals surface area (Å²) in [6, 6.07) is 27.1. The number of esters is 1. The Balaban J connectivity index is 1.70. The van der Waals surface area contributed by atoms with Crippen LogP contribution in [0.3, 0.4) is 0 Å². The van der Waals surface area contributed by atoms with Crippen molar-refractivity contribution in [1.29, 1.82) is 0 Å². The first kappa shape index (κ1) is 32.0. The number of carbonyl (C=O) groups excluding carboxylic acids is 3. The molecule has 0 heterocycles. The minimum absolute atomic E-state index is 0.0981. The summed E-state index contributed by atoms with van der Waals surface area (Å²) in [5.41, 5.74) is 2.70. The summed E-state index contributed by atoms with van der Waals surface area (Å²) in [7, 11) is 0. The molecule has 3 rings (SSSR count). The lowest BCUT2D eigenvalue weighted by Crippen LogP contribution is -2.47. The van der Waals surface area contributed by atoms with Gasteiger partial charge in [0.15, 0.2) is 0 Å². The molecule has 7 nitrogen and oxygen atoms in total. The number of aliphatic hydroxyl groups is 1. The molecular formula is C35H40N2O5. The van der Waals surface area contributed by atoms with Crippen LogP contribution in [0.4, 0.5) is 0 Å². The number of aliphatic hydroxyl groups excluding tert-OH is 1. The fourth-order valence-corrected chi connectivity index (χ4v) is 4.69. The lowest BCUT2D eigenvalue weighted by molar-refractivity contribution is -0.150. The van der Waals surface area contributed by atoms with Crippen molar-refractivity contribution < 1.29 is 24.2 Å². The molecule has 0 spiro atoms. The largest absolute Gasteiger partial charge is 0.463 e. The molecule has 0 aliphatic heterocycles. The average molecular weight is 569 g/mol. The van der Waals surface area contributed by atoms with Crippen LogP contribution in [0, 0.1) is 11.8 Å². The van der Waals surface area contributed by atoms with Crippen LogP contribution in [0.15, 0.2) is 116 Å². The molecule has 3 aromatic carbocycles. The number of benzene rings is 3. The fourth-order valence-electron chi connectivity index (χ4n) is 4.69. The van der Waals surface area contributed by atoms with Crippen LogP contribution in [0.25, 0.3) is 0 Å². The Morgan fingerprint density at radius 1 is 0.738 bits per heavy atom. The molecule has 220 valence electrons. The fraction of sp³-hybridized carbons (Fsp3) is 0.286. The zero-order valence-corrected chi connectivity index (χ0v) is 23.9. The number of rotatable bonds is 17. The van der Waals surface area contributed by atoms with Crippen LogP contribution >= 0.6 is 0 Å². The van der Waals surface area contributed by atoms with E-state index >= 15 is 0 Å². The summed E-state index contributed by atoms with van der Waals surface area (Å²) in [6.07, 6.45) is 4.68. The number of hydrogen-bond acceptors (Lipinski definition) is 5. The standard InChI is InChI=1S/C35H40N2O5/c1-3-14-29(22-26-16-8-5-9-17-26)35(41)42-25-32(28-20-12-7-13-21-28)37-34(40)31(15-4-2)33(39)36-30(24-38)23-27-18-10-6-11-19-27/h3-13,16-21,29-32,38H,1-2,14-15,22-25H2,(H,36,39)(H,37,40)/t29-,30+,31?,32+/m0/s1. The highest BCUT2D eigenvalue weighted by molar-refractivity contribution is 6.00. The smallest absolute Gasteiger partial charge is 0.309 e. The summed E-state index contributed by atoms with van der Waals surface area (Å²) in [5, 5.41) is 15.6. The van der Waals surface area contributed by atoms with E-state index in [2.05, 4.69) is 23.8 Å². The van der Waals surface area contributed by atoms with Crippen LogP contribution in [0.1, 0.15) is 35.6 Å². The maximum Gasteiger partial charge on any atom is 0.309 e. The molecule has 7 heteroatoms. The third-order valence-corrected chi connectivity index (χ3v) is 6.95. The topological polar surface area (TPSA) is 105 Å². The molecular weight excluding hydrogens is 528 g/mol. The monoisotopic (exact) mass is 568 g/mol. The van der Waals surface area contributed by atoms with Crippen molar-refractivity contribution in [3.05, 3.63) is 133 Å². The molecule has 0 saturated heterocycles. The van der Waals surface area contributed by atoms with Gasteiger partial charge in [-0.1, -0.05) is 103 Å². The van der Waals surface area contributed by atoms with Gasteiger partial charge >= 0.3 is 5.97 Å². The number of hydrogen-bond donors (Lipinski definition) is 3. The first-order valence-electron chi connectivity index (χ1n) is 14.2. The number of amides is 2. The second kappa shape index (κ2) is 17.4. The Bertz CT molecular complexity index is 1280. The van der Waals surface area contributed by atoms with Crippen molar-refractivity contribution in [1.82, 2.24) is 10.6 Å². The quantitative estimate of drug-likeness (QED) is 0.124. The van der Waals surface area contributed by atoms with E-state index in [1.54, 1.807) is 6.08 Å². The van der Waals surface area contributed by atoms with Crippen LogP contribution in [0.5, 0.6) is 0 Å². The van der Waals surface area contributed by atoms with Gasteiger partial charge in [-0.2, -0.15) is 0 Å². The van der Waals surface area contributed by atoms with Crippen molar-refractivity contribution in [3.8, 4) is 0 Å². The Labute approximate surface area is 248 Å². The average Bonchev–Trinajstić information content (AvgIpc) is 3.02. The zero-order valence-electron chi connectivity index (χ0n) is 23.9.